The standard InChI is InChI=1S/C5H12O2.8CH4/c1-2-5(7)3-4-6;;;;;;;;/h5-7H,2-4H2,1H3;8*1H4. The van der Waals surface area contributed by atoms with Gasteiger partial charge >= 0.3 is 0 Å². The average Bonchev–Trinajstić information content (AvgIpc) is 1.68. The predicted octanol–water partition coefficient (Wildman–Crippen LogP) is 5.23. The third-order valence-electron chi connectivity index (χ3n) is 0.934. The average molecular weight is 232 g/mol. The van der Waals surface area contributed by atoms with Gasteiger partial charge in [0.1, 0.15) is 0 Å². The topological polar surface area (TPSA) is 40.5 Å². The van der Waals surface area contributed by atoms with Gasteiger partial charge in [-0.05, 0) is 12.8 Å². The van der Waals surface area contributed by atoms with Gasteiger partial charge in [0, 0.05) is 6.61 Å². The Morgan fingerprint density at radius 1 is 0.800 bits per heavy atom. The summed E-state index contributed by atoms with van der Waals surface area (Å²) >= 11 is 0. The molecule has 0 rings (SSSR count). The zero-order chi connectivity index (χ0) is 5.70. The lowest BCUT2D eigenvalue weighted by atomic mass is 10.2. The van der Waals surface area contributed by atoms with Gasteiger partial charge in [-0.1, -0.05) is 66.3 Å². The molecule has 0 radical (unpaired) electrons. The van der Waals surface area contributed by atoms with Crippen molar-refractivity contribution in [3.05, 3.63) is 0 Å². The number of hydrogen-bond donors (Lipinski definition) is 2. The highest BCUT2D eigenvalue weighted by atomic mass is 16.3. The van der Waals surface area contributed by atoms with Gasteiger partial charge in [-0.15, -0.1) is 0 Å². The maximum Gasteiger partial charge on any atom is 0.0559 e. The molecule has 0 aromatic carbocycles. The van der Waals surface area contributed by atoms with Crippen LogP contribution in [0.2, 0.25) is 0 Å². The van der Waals surface area contributed by atoms with Gasteiger partial charge in [-0.3, -0.25) is 0 Å². The summed E-state index contributed by atoms with van der Waals surface area (Å²) in [6.07, 6.45) is 0.946. The van der Waals surface area contributed by atoms with Crippen molar-refractivity contribution < 1.29 is 10.2 Å². The van der Waals surface area contributed by atoms with Crippen molar-refractivity contribution >= 4 is 0 Å². The maximum absolute atomic E-state index is 8.70. The Hall–Kier alpha value is -0.0800. The second-order valence-corrected chi connectivity index (χ2v) is 1.57. The summed E-state index contributed by atoms with van der Waals surface area (Å²) in [7, 11) is 0. The van der Waals surface area contributed by atoms with Crippen molar-refractivity contribution in [2.75, 3.05) is 6.61 Å². The molecule has 108 valence electrons. The summed E-state index contributed by atoms with van der Waals surface area (Å²) in [5.41, 5.74) is 0. The number of aliphatic hydroxyl groups excluding tert-OH is 2. The molecule has 0 fully saturated rings. The third-order valence-corrected chi connectivity index (χ3v) is 0.934. The largest absolute Gasteiger partial charge is 0.396 e. The minimum atomic E-state index is -0.301. The van der Waals surface area contributed by atoms with Crippen molar-refractivity contribution in [2.45, 2.75) is 85.3 Å². The summed E-state index contributed by atoms with van der Waals surface area (Å²) in [4.78, 5) is 0. The minimum Gasteiger partial charge on any atom is -0.396 e. The molecule has 1 unspecified atom stereocenters. The normalized spacial score (nSPS) is 6.60. The van der Waals surface area contributed by atoms with E-state index in [0.29, 0.717) is 6.42 Å². The molecule has 2 nitrogen and oxygen atoms in total. The highest BCUT2D eigenvalue weighted by Crippen LogP contribution is 1.92. The first-order chi connectivity index (χ1) is 3.31. The van der Waals surface area contributed by atoms with E-state index in [1.165, 1.54) is 0 Å². The molecule has 0 spiro atoms. The molecular weight excluding hydrogens is 188 g/mol. The lowest BCUT2D eigenvalue weighted by molar-refractivity contribution is 0.129. The predicted molar refractivity (Wildman–Crippen MR) is 81.8 cm³/mol. The van der Waals surface area contributed by atoms with E-state index < -0.39 is 0 Å². The van der Waals surface area contributed by atoms with Gasteiger partial charge in [0.25, 0.3) is 0 Å². The summed E-state index contributed by atoms with van der Waals surface area (Å²) in [6, 6.07) is 0. The first-order valence-corrected chi connectivity index (χ1v) is 2.60. The summed E-state index contributed by atoms with van der Waals surface area (Å²) in [5.74, 6) is 0. The minimum absolute atomic E-state index is 0. The van der Waals surface area contributed by atoms with E-state index in [2.05, 4.69) is 0 Å². The first-order valence-electron chi connectivity index (χ1n) is 2.60. The Bertz CT molecular complexity index is 39.5. The fourth-order valence-electron chi connectivity index (χ4n) is 0.353. The molecule has 15 heavy (non-hydrogen) atoms. The first kappa shape index (κ1) is 82.5. The van der Waals surface area contributed by atoms with E-state index in [1.54, 1.807) is 0 Å². The van der Waals surface area contributed by atoms with Crippen LogP contribution in [0.1, 0.15) is 79.2 Å². The van der Waals surface area contributed by atoms with Gasteiger partial charge in [-0.2, -0.15) is 0 Å². The quantitative estimate of drug-likeness (QED) is 0.699. The molecule has 2 N–H and O–H groups in total. The molecule has 0 aliphatic carbocycles. The molecule has 0 aliphatic rings. The molecule has 0 saturated heterocycles. The molecule has 2 heteroatoms. The van der Waals surface area contributed by atoms with E-state index in [1.807, 2.05) is 6.92 Å². The lowest BCUT2D eigenvalue weighted by Crippen LogP contribution is -2.05. The number of hydrogen-bond acceptors (Lipinski definition) is 2. The Kier molecular flexibility index (Phi) is 365. The van der Waals surface area contributed by atoms with Gasteiger partial charge in [-0.25, -0.2) is 0 Å². The van der Waals surface area contributed by atoms with E-state index in [0.717, 1.165) is 6.42 Å². The van der Waals surface area contributed by atoms with Gasteiger partial charge < -0.3 is 10.2 Å². The van der Waals surface area contributed by atoms with Crippen molar-refractivity contribution in [2.24, 2.45) is 0 Å². The van der Waals surface area contributed by atoms with Crippen LogP contribution in [-0.4, -0.2) is 22.9 Å². The molecule has 0 saturated carbocycles. The molecule has 1 atom stereocenters. The summed E-state index contributed by atoms with van der Waals surface area (Å²) < 4.78 is 0. The fourth-order valence-corrected chi connectivity index (χ4v) is 0.353. The van der Waals surface area contributed by atoms with Gasteiger partial charge in [0.15, 0.2) is 0 Å². The molecule has 0 heterocycles. The maximum atomic E-state index is 8.70. The Morgan fingerprint density at radius 3 is 1.13 bits per heavy atom. The summed E-state index contributed by atoms with van der Waals surface area (Å²) in [6.45, 7) is 1.98. The smallest absolute Gasteiger partial charge is 0.0559 e. The van der Waals surface area contributed by atoms with Crippen LogP contribution in [0.15, 0.2) is 0 Å². The van der Waals surface area contributed by atoms with Crippen LogP contribution >= 0.6 is 0 Å². The highest BCUT2D eigenvalue weighted by molar-refractivity contribution is 4.47. The van der Waals surface area contributed by atoms with Crippen LogP contribution in [0.25, 0.3) is 0 Å². The molecule has 0 amide bonds. The second-order valence-electron chi connectivity index (χ2n) is 1.57. The molecule has 0 aromatic rings. The zero-order valence-electron chi connectivity index (χ0n) is 4.59. The Labute approximate surface area is 103 Å². The van der Waals surface area contributed by atoms with Crippen LogP contribution in [0.5, 0.6) is 0 Å². The summed E-state index contributed by atoms with van der Waals surface area (Å²) in [5, 5.41) is 16.9. The van der Waals surface area contributed by atoms with Gasteiger partial charge in [0.05, 0.1) is 6.10 Å². The van der Waals surface area contributed by atoms with Gasteiger partial charge in [0.2, 0.25) is 0 Å². The monoisotopic (exact) mass is 232 g/mol. The zero-order valence-corrected chi connectivity index (χ0v) is 4.59. The van der Waals surface area contributed by atoms with E-state index in [-0.39, 0.29) is 72.1 Å². The SMILES string of the molecule is C.C.C.C.C.C.C.C.CCC(O)CCO. The van der Waals surface area contributed by atoms with Crippen LogP contribution in [-0.2, 0) is 0 Å². The fraction of sp³-hybridized carbons (Fsp3) is 1.00. The molecule has 0 aliphatic heterocycles. The molecule has 0 aromatic heterocycles. The second kappa shape index (κ2) is 66.3. The number of aliphatic hydroxyl groups is 2. The number of rotatable bonds is 3. The van der Waals surface area contributed by atoms with E-state index in [9.17, 15) is 0 Å². The van der Waals surface area contributed by atoms with Crippen LogP contribution < -0.4 is 0 Å². The molecular formula is C13H44O2. The Balaban J connectivity index is -0.00000000643. The van der Waals surface area contributed by atoms with Crippen molar-refractivity contribution in [1.29, 1.82) is 0 Å². The highest BCUT2D eigenvalue weighted by Gasteiger charge is 1.95. The van der Waals surface area contributed by atoms with Crippen molar-refractivity contribution in [3.8, 4) is 0 Å². The van der Waals surface area contributed by atoms with Crippen LogP contribution in [0.3, 0.4) is 0 Å². The van der Waals surface area contributed by atoms with E-state index in [4.69, 9.17) is 10.2 Å². The third kappa shape index (κ3) is 81.7. The van der Waals surface area contributed by atoms with E-state index >= 15 is 0 Å². The Morgan fingerprint density at radius 2 is 1.07 bits per heavy atom. The van der Waals surface area contributed by atoms with Crippen LogP contribution in [0.4, 0.5) is 0 Å². The van der Waals surface area contributed by atoms with Crippen molar-refractivity contribution in [1.82, 2.24) is 0 Å². The van der Waals surface area contributed by atoms with Crippen molar-refractivity contribution in [3.63, 3.8) is 0 Å². The lowest BCUT2D eigenvalue weighted by Gasteiger charge is -2.01. The molecule has 0 bridgehead atoms. The van der Waals surface area contributed by atoms with Crippen LogP contribution in [0, 0.1) is 0 Å².